The number of aromatic nitrogens is 2. The average Bonchev–Trinajstić information content (AvgIpc) is 3.10. The van der Waals surface area contributed by atoms with Gasteiger partial charge in [0, 0.05) is 24.1 Å². The van der Waals surface area contributed by atoms with E-state index in [9.17, 15) is 9.18 Å². The van der Waals surface area contributed by atoms with Gasteiger partial charge in [-0.15, -0.1) is 11.8 Å². The minimum absolute atomic E-state index is 0.0835. The Bertz CT molecular complexity index is 1020. The number of hydrogen-bond acceptors (Lipinski definition) is 6. The number of morpholine rings is 1. The van der Waals surface area contributed by atoms with Crippen LogP contribution in [0.2, 0.25) is 0 Å². The van der Waals surface area contributed by atoms with Gasteiger partial charge in [0.1, 0.15) is 22.7 Å². The van der Waals surface area contributed by atoms with E-state index < -0.39 is 0 Å². The van der Waals surface area contributed by atoms with E-state index in [2.05, 4.69) is 10.1 Å². The molecule has 1 saturated heterocycles. The summed E-state index contributed by atoms with van der Waals surface area (Å²) < 4.78 is 24.3. The molecule has 1 atom stereocenters. The molecule has 0 N–H and O–H groups in total. The first-order chi connectivity index (χ1) is 14.5. The third-order valence-corrected chi connectivity index (χ3v) is 6.16. The number of amides is 1. The fraction of sp³-hybridized carbons (Fsp3) is 0.318. The van der Waals surface area contributed by atoms with Crippen LogP contribution in [0.25, 0.3) is 0 Å². The van der Waals surface area contributed by atoms with Crippen LogP contribution in [0.4, 0.5) is 4.39 Å². The smallest absolute Gasteiger partial charge is 0.256 e. The van der Waals surface area contributed by atoms with Crippen molar-refractivity contribution < 1.29 is 18.4 Å². The number of carbonyl (C=O) groups excluding carboxylic acids is 1. The highest BCUT2D eigenvalue weighted by Gasteiger charge is 2.28. The average molecular weight is 428 g/mol. The molecule has 0 saturated carbocycles. The van der Waals surface area contributed by atoms with Crippen LogP contribution in [0.1, 0.15) is 39.0 Å². The summed E-state index contributed by atoms with van der Waals surface area (Å²) in [6.45, 7) is 5.12. The van der Waals surface area contributed by atoms with Gasteiger partial charge in [0.15, 0.2) is 0 Å². The Hall–Kier alpha value is -2.71. The number of nitrogens with zero attached hydrogens (tertiary/aromatic N) is 3. The van der Waals surface area contributed by atoms with Crippen LogP contribution in [0.3, 0.4) is 0 Å². The van der Waals surface area contributed by atoms with E-state index in [4.69, 9.17) is 9.26 Å². The number of benzene rings is 1. The first-order valence-electron chi connectivity index (χ1n) is 9.69. The van der Waals surface area contributed by atoms with Gasteiger partial charge in [0.25, 0.3) is 5.91 Å². The summed E-state index contributed by atoms with van der Waals surface area (Å²) in [4.78, 5) is 19.5. The van der Waals surface area contributed by atoms with Crippen molar-refractivity contribution in [1.82, 2.24) is 15.0 Å². The van der Waals surface area contributed by atoms with E-state index in [0.717, 1.165) is 22.6 Å². The molecule has 1 aliphatic rings. The number of halogens is 1. The Morgan fingerprint density at radius 1 is 1.27 bits per heavy atom. The summed E-state index contributed by atoms with van der Waals surface area (Å²) in [5, 5.41) is 4.65. The van der Waals surface area contributed by atoms with Gasteiger partial charge < -0.3 is 14.2 Å². The zero-order valence-electron chi connectivity index (χ0n) is 16.8. The molecule has 2 aromatic heterocycles. The van der Waals surface area contributed by atoms with Gasteiger partial charge in [-0.25, -0.2) is 9.37 Å². The Kier molecular flexibility index (Phi) is 6.15. The lowest BCUT2D eigenvalue weighted by molar-refractivity contribution is -0.0229. The molecule has 3 heterocycles. The standard InChI is InChI=1S/C22H22FN3O3S/c1-14-19(15(2)29-25-14)13-30-21-18(4-3-9-24-21)22(27)26-10-11-28-20(12-26)16-5-7-17(23)8-6-16/h3-9,20H,10-13H2,1-2H3/t20-/m0/s1. The molecule has 1 aromatic carbocycles. The second-order valence-corrected chi connectivity index (χ2v) is 8.07. The van der Waals surface area contributed by atoms with E-state index in [1.54, 1.807) is 35.4 Å². The van der Waals surface area contributed by atoms with E-state index >= 15 is 0 Å². The SMILES string of the molecule is Cc1noc(C)c1CSc1ncccc1C(=O)N1CCO[C@H](c2ccc(F)cc2)C1. The number of pyridine rings is 1. The number of ether oxygens (including phenoxy) is 1. The first-order valence-corrected chi connectivity index (χ1v) is 10.7. The zero-order chi connectivity index (χ0) is 21.1. The van der Waals surface area contributed by atoms with Gasteiger partial charge in [-0.05, 0) is 43.7 Å². The van der Waals surface area contributed by atoms with E-state index in [1.165, 1.54) is 23.9 Å². The fourth-order valence-corrected chi connectivity index (χ4v) is 4.54. The molecule has 3 aromatic rings. The summed E-state index contributed by atoms with van der Waals surface area (Å²) in [6, 6.07) is 9.78. The predicted octanol–water partition coefficient (Wildman–Crippen LogP) is 4.33. The molecule has 0 spiro atoms. The minimum Gasteiger partial charge on any atom is -0.370 e. The van der Waals surface area contributed by atoms with Crippen molar-refractivity contribution in [1.29, 1.82) is 0 Å². The maximum Gasteiger partial charge on any atom is 0.256 e. The lowest BCUT2D eigenvalue weighted by Gasteiger charge is -2.33. The van der Waals surface area contributed by atoms with Crippen molar-refractivity contribution in [3.63, 3.8) is 0 Å². The van der Waals surface area contributed by atoms with Crippen LogP contribution in [-0.4, -0.2) is 40.6 Å². The first kappa shape index (κ1) is 20.6. The lowest BCUT2D eigenvalue weighted by atomic mass is 10.1. The van der Waals surface area contributed by atoms with Crippen LogP contribution in [0.5, 0.6) is 0 Å². The zero-order valence-corrected chi connectivity index (χ0v) is 17.6. The van der Waals surface area contributed by atoms with E-state index in [1.807, 2.05) is 13.8 Å². The topological polar surface area (TPSA) is 68.5 Å². The highest BCUT2D eigenvalue weighted by molar-refractivity contribution is 7.98. The maximum atomic E-state index is 13.3. The number of rotatable bonds is 5. The van der Waals surface area contributed by atoms with E-state index in [0.29, 0.717) is 36.0 Å². The van der Waals surface area contributed by atoms with Crippen molar-refractivity contribution >= 4 is 17.7 Å². The van der Waals surface area contributed by atoms with Crippen molar-refractivity contribution in [2.75, 3.05) is 19.7 Å². The van der Waals surface area contributed by atoms with Gasteiger partial charge in [0.2, 0.25) is 0 Å². The Balaban J connectivity index is 1.49. The number of thioether (sulfide) groups is 1. The third-order valence-electron chi connectivity index (χ3n) is 5.13. The minimum atomic E-state index is -0.294. The van der Waals surface area contributed by atoms with Crippen molar-refractivity contribution in [3.05, 3.63) is 76.6 Å². The van der Waals surface area contributed by atoms with Crippen LogP contribution < -0.4 is 0 Å². The molecule has 6 nitrogen and oxygen atoms in total. The van der Waals surface area contributed by atoms with Crippen molar-refractivity contribution in [2.45, 2.75) is 30.7 Å². The fourth-order valence-electron chi connectivity index (χ4n) is 3.40. The lowest BCUT2D eigenvalue weighted by Crippen LogP contribution is -2.42. The highest BCUT2D eigenvalue weighted by atomic mass is 32.2. The van der Waals surface area contributed by atoms with Gasteiger partial charge in [0.05, 0.1) is 24.4 Å². The molecule has 1 fully saturated rings. The molecule has 30 heavy (non-hydrogen) atoms. The summed E-state index contributed by atoms with van der Waals surface area (Å²) in [7, 11) is 0. The Labute approximate surface area is 178 Å². The molecule has 1 aliphatic heterocycles. The number of aryl methyl sites for hydroxylation is 2. The van der Waals surface area contributed by atoms with Gasteiger partial charge in [-0.1, -0.05) is 17.3 Å². The summed E-state index contributed by atoms with van der Waals surface area (Å²) in [6.07, 6.45) is 1.41. The molecule has 0 radical (unpaired) electrons. The Morgan fingerprint density at radius 3 is 2.80 bits per heavy atom. The van der Waals surface area contributed by atoms with Crippen LogP contribution in [0.15, 0.2) is 52.1 Å². The molecular weight excluding hydrogens is 405 g/mol. The van der Waals surface area contributed by atoms with Crippen LogP contribution in [-0.2, 0) is 10.5 Å². The largest absolute Gasteiger partial charge is 0.370 e. The Morgan fingerprint density at radius 2 is 2.07 bits per heavy atom. The predicted molar refractivity (Wildman–Crippen MR) is 111 cm³/mol. The summed E-state index contributed by atoms with van der Waals surface area (Å²) >= 11 is 1.49. The number of hydrogen-bond donors (Lipinski definition) is 0. The molecule has 0 bridgehead atoms. The molecule has 4 rings (SSSR count). The van der Waals surface area contributed by atoms with Crippen LogP contribution in [0, 0.1) is 19.7 Å². The van der Waals surface area contributed by atoms with Gasteiger partial charge in [-0.3, -0.25) is 4.79 Å². The molecule has 0 aliphatic carbocycles. The molecule has 8 heteroatoms. The molecule has 156 valence electrons. The second-order valence-electron chi connectivity index (χ2n) is 7.11. The highest BCUT2D eigenvalue weighted by Crippen LogP contribution is 2.29. The maximum absolute atomic E-state index is 13.3. The van der Waals surface area contributed by atoms with Gasteiger partial charge >= 0.3 is 0 Å². The molecule has 1 amide bonds. The third kappa shape index (κ3) is 4.39. The van der Waals surface area contributed by atoms with E-state index in [-0.39, 0.29) is 17.8 Å². The quantitative estimate of drug-likeness (QED) is 0.565. The molecule has 0 unspecified atom stereocenters. The molecular formula is C22H22FN3O3S. The summed E-state index contributed by atoms with van der Waals surface area (Å²) in [5.41, 5.74) is 3.29. The van der Waals surface area contributed by atoms with Gasteiger partial charge in [-0.2, -0.15) is 0 Å². The monoisotopic (exact) mass is 427 g/mol. The van der Waals surface area contributed by atoms with Crippen LogP contribution >= 0.6 is 11.8 Å². The van der Waals surface area contributed by atoms with Crippen molar-refractivity contribution in [2.24, 2.45) is 0 Å². The van der Waals surface area contributed by atoms with Crippen molar-refractivity contribution in [3.8, 4) is 0 Å². The number of carbonyl (C=O) groups is 1. The summed E-state index contributed by atoms with van der Waals surface area (Å²) in [5.74, 6) is 1.02. The second kappa shape index (κ2) is 8.97. The normalized spacial score (nSPS) is 16.6.